The minimum absolute atomic E-state index is 0.0801. The van der Waals surface area contributed by atoms with Crippen LogP contribution in [-0.4, -0.2) is 17.0 Å². The molecule has 2 rings (SSSR count). The van der Waals surface area contributed by atoms with E-state index in [1.165, 1.54) is 18.2 Å². The Kier molecular flexibility index (Phi) is 4.50. The molecule has 0 unspecified atom stereocenters. The number of carbonyl (C=O) groups excluding carboxylic acids is 1. The van der Waals surface area contributed by atoms with Crippen LogP contribution in [0.4, 0.5) is 11.4 Å². The number of anilines is 2. The van der Waals surface area contributed by atoms with Gasteiger partial charge < -0.3 is 16.2 Å². The molecular formula is C14H10BrClN2O3. The Bertz CT molecular complexity index is 734. The Labute approximate surface area is 133 Å². The summed E-state index contributed by atoms with van der Waals surface area (Å²) in [5, 5.41) is 12.1. The van der Waals surface area contributed by atoms with Crippen LogP contribution in [0.1, 0.15) is 20.7 Å². The monoisotopic (exact) mass is 368 g/mol. The molecule has 0 aliphatic heterocycles. The first-order chi connectivity index (χ1) is 9.88. The minimum Gasteiger partial charge on any atom is -0.478 e. The van der Waals surface area contributed by atoms with Gasteiger partial charge in [0.25, 0.3) is 5.91 Å². The number of amides is 1. The molecule has 0 heterocycles. The molecule has 0 fully saturated rings. The van der Waals surface area contributed by atoms with E-state index in [1.807, 2.05) is 0 Å². The molecule has 108 valence electrons. The van der Waals surface area contributed by atoms with Crippen molar-refractivity contribution in [1.29, 1.82) is 0 Å². The molecule has 0 bridgehead atoms. The first-order valence-electron chi connectivity index (χ1n) is 5.77. The number of carboxylic acids is 1. The van der Waals surface area contributed by atoms with Crippen molar-refractivity contribution in [3.8, 4) is 0 Å². The van der Waals surface area contributed by atoms with Crippen LogP contribution in [0.15, 0.2) is 40.9 Å². The minimum atomic E-state index is -1.06. The lowest BCUT2D eigenvalue weighted by atomic mass is 10.1. The van der Waals surface area contributed by atoms with Crippen LogP contribution in [0.5, 0.6) is 0 Å². The van der Waals surface area contributed by atoms with Crippen molar-refractivity contribution in [1.82, 2.24) is 0 Å². The summed E-state index contributed by atoms with van der Waals surface area (Å²) in [6, 6.07) is 9.27. The normalized spacial score (nSPS) is 10.2. The standard InChI is InChI=1S/C14H10BrClN2O3/c15-8-2-4-11(9(6-8)13(17)19)18-12-3-1-7(14(20)21)5-10(12)16/h1-6,18H,(H2,17,19)(H,20,21). The van der Waals surface area contributed by atoms with Crippen molar-refractivity contribution in [2.24, 2.45) is 5.73 Å². The molecule has 7 heteroatoms. The van der Waals surface area contributed by atoms with Crippen LogP contribution < -0.4 is 11.1 Å². The SMILES string of the molecule is NC(=O)c1cc(Br)ccc1Nc1ccc(C(=O)O)cc1Cl. The first kappa shape index (κ1) is 15.3. The number of rotatable bonds is 4. The molecule has 0 aliphatic rings. The quantitative estimate of drug-likeness (QED) is 0.767. The van der Waals surface area contributed by atoms with E-state index >= 15 is 0 Å². The Morgan fingerprint density at radius 2 is 1.81 bits per heavy atom. The van der Waals surface area contributed by atoms with Gasteiger partial charge in [-0.1, -0.05) is 27.5 Å². The summed E-state index contributed by atoms with van der Waals surface area (Å²) >= 11 is 9.30. The molecule has 2 aromatic rings. The number of hydrogen-bond donors (Lipinski definition) is 3. The predicted molar refractivity (Wildman–Crippen MR) is 84.4 cm³/mol. The van der Waals surface area contributed by atoms with Crippen molar-refractivity contribution in [3.05, 3.63) is 57.0 Å². The van der Waals surface area contributed by atoms with Gasteiger partial charge in [0.15, 0.2) is 0 Å². The Morgan fingerprint density at radius 1 is 1.14 bits per heavy atom. The molecule has 0 saturated heterocycles. The first-order valence-corrected chi connectivity index (χ1v) is 6.95. The number of carbonyl (C=O) groups is 2. The Balaban J connectivity index is 2.39. The van der Waals surface area contributed by atoms with Crippen LogP contribution in [-0.2, 0) is 0 Å². The Morgan fingerprint density at radius 3 is 2.38 bits per heavy atom. The van der Waals surface area contributed by atoms with E-state index in [9.17, 15) is 9.59 Å². The zero-order valence-corrected chi connectivity index (χ0v) is 12.9. The van der Waals surface area contributed by atoms with Gasteiger partial charge in [-0.3, -0.25) is 4.79 Å². The van der Waals surface area contributed by atoms with E-state index in [-0.39, 0.29) is 10.6 Å². The maximum absolute atomic E-state index is 11.4. The topological polar surface area (TPSA) is 92.4 Å². The average Bonchev–Trinajstić information content (AvgIpc) is 2.42. The molecule has 0 aliphatic carbocycles. The van der Waals surface area contributed by atoms with E-state index in [4.69, 9.17) is 22.4 Å². The number of aromatic carboxylic acids is 1. The van der Waals surface area contributed by atoms with Crippen molar-refractivity contribution >= 4 is 50.8 Å². The van der Waals surface area contributed by atoms with Gasteiger partial charge in [-0.25, -0.2) is 4.79 Å². The Hall–Kier alpha value is -2.05. The number of benzene rings is 2. The molecule has 4 N–H and O–H groups in total. The highest BCUT2D eigenvalue weighted by Crippen LogP contribution is 2.29. The van der Waals surface area contributed by atoms with E-state index in [1.54, 1.807) is 18.2 Å². The second kappa shape index (κ2) is 6.15. The summed E-state index contributed by atoms with van der Waals surface area (Å²) in [5.74, 6) is -1.65. The van der Waals surface area contributed by atoms with Crippen LogP contribution in [0.2, 0.25) is 5.02 Å². The molecule has 0 atom stereocenters. The van der Waals surface area contributed by atoms with E-state index in [0.717, 1.165) is 0 Å². The van der Waals surface area contributed by atoms with Crippen molar-refractivity contribution in [3.63, 3.8) is 0 Å². The van der Waals surface area contributed by atoms with Gasteiger partial charge >= 0.3 is 5.97 Å². The molecule has 0 radical (unpaired) electrons. The maximum Gasteiger partial charge on any atom is 0.335 e. The third kappa shape index (κ3) is 3.53. The van der Waals surface area contributed by atoms with Crippen LogP contribution in [0.25, 0.3) is 0 Å². The van der Waals surface area contributed by atoms with Crippen LogP contribution in [0, 0.1) is 0 Å². The number of hydrogen-bond acceptors (Lipinski definition) is 3. The van der Waals surface area contributed by atoms with Gasteiger partial charge in [0.05, 0.1) is 27.5 Å². The van der Waals surface area contributed by atoms with Crippen LogP contribution in [0.3, 0.4) is 0 Å². The second-order valence-electron chi connectivity index (χ2n) is 4.18. The zero-order valence-electron chi connectivity index (χ0n) is 10.6. The maximum atomic E-state index is 11.4. The van der Waals surface area contributed by atoms with Gasteiger partial charge in [-0.05, 0) is 36.4 Å². The lowest BCUT2D eigenvalue weighted by Gasteiger charge is -2.12. The van der Waals surface area contributed by atoms with Crippen LogP contribution >= 0.6 is 27.5 Å². The fraction of sp³-hybridized carbons (Fsp3) is 0. The van der Waals surface area contributed by atoms with E-state index in [2.05, 4.69) is 21.2 Å². The molecule has 0 aromatic heterocycles. The van der Waals surface area contributed by atoms with Crippen molar-refractivity contribution < 1.29 is 14.7 Å². The molecule has 2 aromatic carbocycles. The fourth-order valence-electron chi connectivity index (χ4n) is 1.72. The number of primary amides is 1. The molecule has 0 saturated carbocycles. The highest BCUT2D eigenvalue weighted by atomic mass is 79.9. The third-order valence-electron chi connectivity index (χ3n) is 2.73. The summed E-state index contributed by atoms with van der Waals surface area (Å²) in [4.78, 5) is 22.3. The summed E-state index contributed by atoms with van der Waals surface area (Å²) < 4.78 is 0.717. The number of carboxylic acid groups (broad SMARTS) is 1. The molecule has 21 heavy (non-hydrogen) atoms. The molecule has 5 nitrogen and oxygen atoms in total. The van der Waals surface area contributed by atoms with E-state index in [0.29, 0.717) is 21.4 Å². The van der Waals surface area contributed by atoms with Gasteiger partial charge in [0.1, 0.15) is 0 Å². The third-order valence-corrected chi connectivity index (χ3v) is 3.54. The molecular weight excluding hydrogens is 360 g/mol. The highest BCUT2D eigenvalue weighted by Gasteiger charge is 2.12. The molecule has 0 spiro atoms. The fourth-order valence-corrected chi connectivity index (χ4v) is 2.31. The van der Waals surface area contributed by atoms with Gasteiger partial charge in [-0.15, -0.1) is 0 Å². The highest BCUT2D eigenvalue weighted by molar-refractivity contribution is 9.10. The smallest absolute Gasteiger partial charge is 0.335 e. The lowest BCUT2D eigenvalue weighted by molar-refractivity contribution is 0.0696. The summed E-state index contributed by atoms with van der Waals surface area (Å²) in [5.41, 5.74) is 6.66. The average molecular weight is 370 g/mol. The van der Waals surface area contributed by atoms with Crippen molar-refractivity contribution in [2.75, 3.05) is 5.32 Å². The van der Waals surface area contributed by atoms with E-state index < -0.39 is 11.9 Å². The second-order valence-corrected chi connectivity index (χ2v) is 5.50. The number of nitrogens with two attached hydrogens (primary N) is 1. The predicted octanol–water partition coefficient (Wildman–Crippen LogP) is 3.64. The van der Waals surface area contributed by atoms with Gasteiger partial charge in [0, 0.05) is 4.47 Å². The largest absolute Gasteiger partial charge is 0.478 e. The summed E-state index contributed by atoms with van der Waals surface area (Å²) in [6.07, 6.45) is 0. The molecule has 1 amide bonds. The number of nitrogens with one attached hydrogen (secondary N) is 1. The van der Waals surface area contributed by atoms with Gasteiger partial charge in [-0.2, -0.15) is 0 Å². The van der Waals surface area contributed by atoms with Gasteiger partial charge in [0.2, 0.25) is 0 Å². The van der Waals surface area contributed by atoms with Crippen molar-refractivity contribution in [2.45, 2.75) is 0 Å². The lowest BCUT2D eigenvalue weighted by Crippen LogP contribution is -2.13. The zero-order chi connectivity index (χ0) is 15.6. The summed E-state index contributed by atoms with van der Waals surface area (Å²) in [6.45, 7) is 0. The summed E-state index contributed by atoms with van der Waals surface area (Å²) in [7, 11) is 0. The number of halogens is 2.